The molecule has 3 heterocycles. The highest BCUT2D eigenvalue weighted by molar-refractivity contribution is 6.31. The molecule has 0 amide bonds. The first-order valence-corrected chi connectivity index (χ1v) is 14.8. The standard InChI is InChI=1S/C35H25Cl2N3O5/c1-40-35(45-40,24-6-12-29(13-7-24)42-20-27-10-4-22-2-8-25(36)18-32(22)38-27)34(41)44-31-16-14-30(15-17-31)43-21-28-11-5-23-3-9-26(37)19-33(23)39-28/h2-19H,20-21H2,1H3. The molecule has 6 aromatic rings. The minimum Gasteiger partial charge on any atom is -0.487 e. The smallest absolute Gasteiger partial charge is 0.368 e. The fraction of sp³-hybridized carbons (Fsp3) is 0.114. The summed E-state index contributed by atoms with van der Waals surface area (Å²) in [6, 6.07) is 32.9. The number of carbonyl (C=O) groups is 1. The van der Waals surface area contributed by atoms with Crippen LogP contribution in [0.3, 0.4) is 0 Å². The number of hydrogen-bond acceptors (Lipinski definition) is 8. The van der Waals surface area contributed by atoms with Gasteiger partial charge in [-0.1, -0.05) is 59.6 Å². The van der Waals surface area contributed by atoms with E-state index in [0.717, 1.165) is 33.2 Å². The van der Waals surface area contributed by atoms with E-state index in [4.69, 9.17) is 42.3 Å². The number of pyridine rings is 2. The molecule has 2 atom stereocenters. The van der Waals surface area contributed by atoms with Crippen molar-refractivity contribution in [1.29, 1.82) is 0 Å². The van der Waals surface area contributed by atoms with E-state index in [9.17, 15) is 4.79 Å². The van der Waals surface area contributed by atoms with Crippen LogP contribution in [-0.4, -0.2) is 28.0 Å². The Morgan fingerprint density at radius 2 is 1.13 bits per heavy atom. The van der Waals surface area contributed by atoms with E-state index < -0.39 is 11.7 Å². The zero-order chi connectivity index (χ0) is 31.0. The van der Waals surface area contributed by atoms with Crippen molar-refractivity contribution in [3.8, 4) is 17.2 Å². The minimum absolute atomic E-state index is 0.274. The van der Waals surface area contributed by atoms with Gasteiger partial charge in [0.2, 0.25) is 0 Å². The molecule has 1 aliphatic rings. The number of rotatable bonds is 9. The molecule has 0 N–H and O–H groups in total. The van der Waals surface area contributed by atoms with Gasteiger partial charge in [0.1, 0.15) is 30.5 Å². The Labute approximate surface area is 268 Å². The lowest BCUT2D eigenvalue weighted by atomic mass is 10.1. The van der Waals surface area contributed by atoms with E-state index in [1.807, 2.05) is 60.7 Å². The summed E-state index contributed by atoms with van der Waals surface area (Å²) in [5, 5.41) is 4.72. The Balaban J connectivity index is 0.961. The van der Waals surface area contributed by atoms with Crippen LogP contribution in [0.15, 0.2) is 109 Å². The molecular weight excluding hydrogens is 613 g/mol. The third-order valence-electron chi connectivity index (χ3n) is 7.43. The molecule has 0 bridgehead atoms. The number of hydroxylamine groups is 2. The van der Waals surface area contributed by atoms with Crippen molar-refractivity contribution < 1.29 is 23.8 Å². The third kappa shape index (κ3) is 6.14. The average molecular weight is 639 g/mol. The quantitative estimate of drug-likeness (QED) is 0.0899. The molecule has 2 unspecified atom stereocenters. The number of nitrogens with zero attached hydrogens (tertiary/aromatic N) is 3. The monoisotopic (exact) mass is 637 g/mol. The maximum absolute atomic E-state index is 13.3. The second-order valence-electron chi connectivity index (χ2n) is 10.5. The van der Waals surface area contributed by atoms with Crippen molar-refractivity contribution in [2.75, 3.05) is 7.05 Å². The maximum Gasteiger partial charge on any atom is 0.368 e. The molecule has 0 saturated carbocycles. The fourth-order valence-electron chi connectivity index (χ4n) is 4.99. The van der Waals surface area contributed by atoms with Crippen LogP contribution in [-0.2, 0) is 28.6 Å². The molecule has 0 radical (unpaired) electrons. The summed E-state index contributed by atoms with van der Waals surface area (Å²) in [6.07, 6.45) is 0. The van der Waals surface area contributed by atoms with Crippen LogP contribution in [0.2, 0.25) is 10.0 Å². The van der Waals surface area contributed by atoms with Crippen LogP contribution < -0.4 is 14.2 Å². The van der Waals surface area contributed by atoms with E-state index in [0.29, 0.717) is 32.9 Å². The fourth-order valence-corrected chi connectivity index (χ4v) is 5.33. The molecule has 2 aromatic heterocycles. The molecule has 1 saturated heterocycles. The predicted molar refractivity (Wildman–Crippen MR) is 171 cm³/mol. The molecule has 1 fully saturated rings. The van der Waals surface area contributed by atoms with Crippen LogP contribution in [0.1, 0.15) is 17.0 Å². The first-order valence-electron chi connectivity index (χ1n) is 14.1. The largest absolute Gasteiger partial charge is 0.487 e. The SMILES string of the molecule is CN1OC1(C(=O)Oc1ccc(OCc2ccc3ccc(Cl)cc3n2)cc1)c1ccc(OCc2ccc3ccc(Cl)cc3n2)cc1. The zero-order valence-corrected chi connectivity index (χ0v) is 25.5. The number of esters is 1. The number of aromatic nitrogens is 2. The summed E-state index contributed by atoms with van der Waals surface area (Å²) in [5.74, 6) is 1.02. The van der Waals surface area contributed by atoms with Gasteiger partial charge in [0.25, 0.3) is 5.72 Å². The number of fused-ring (bicyclic) bond motifs is 2. The maximum atomic E-state index is 13.3. The lowest BCUT2D eigenvalue weighted by molar-refractivity contribution is -0.141. The first-order chi connectivity index (χ1) is 21.9. The van der Waals surface area contributed by atoms with Crippen molar-refractivity contribution in [1.82, 2.24) is 15.0 Å². The van der Waals surface area contributed by atoms with Gasteiger partial charge in [-0.25, -0.2) is 14.8 Å². The lowest BCUT2D eigenvalue weighted by Gasteiger charge is -2.13. The predicted octanol–water partition coefficient (Wildman–Crippen LogP) is 7.88. The number of halogens is 2. The first kappa shape index (κ1) is 29.0. The molecule has 4 aromatic carbocycles. The summed E-state index contributed by atoms with van der Waals surface area (Å²) in [6.45, 7) is 0.551. The van der Waals surface area contributed by atoms with E-state index in [-0.39, 0.29) is 13.2 Å². The molecule has 0 aliphatic carbocycles. The molecule has 0 spiro atoms. The summed E-state index contributed by atoms with van der Waals surface area (Å²) in [5.41, 5.74) is 2.41. The third-order valence-corrected chi connectivity index (χ3v) is 7.90. The Bertz CT molecular complexity index is 2040. The van der Waals surface area contributed by atoms with Crippen LogP contribution in [0.25, 0.3) is 21.8 Å². The summed E-state index contributed by atoms with van der Waals surface area (Å²) in [7, 11) is 1.68. The van der Waals surface area contributed by atoms with Crippen molar-refractivity contribution in [2.45, 2.75) is 18.9 Å². The van der Waals surface area contributed by atoms with Gasteiger partial charge in [0, 0.05) is 33.4 Å². The van der Waals surface area contributed by atoms with Crippen molar-refractivity contribution in [3.63, 3.8) is 0 Å². The number of carbonyl (C=O) groups excluding carboxylic acids is 1. The highest BCUT2D eigenvalue weighted by Gasteiger charge is 2.62. The molecular formula is C35H25Cl2N3O5. The van der Waals surface area contributed by atoms with Crippen molar-refractivity contribution in [3.05, 3.63) is 136 Å². The van der Waals surface area contributed by atoms with Gasteiger partial charge >= 0.3 is 5.97 Å². The molecule has 10 heteroatoms. The highest BCUT2D eigenvalue weighted by Crippen LogP contribution is 2.44. The van der Waals surface area contributed by atoms with Crippen LogP contribution >= 0.6 is 23.2 Å². The summed E-state index contributed by atoms with van der Waals surface area (Å²) in [4.78, 5) is 28.2. The van der Waals surface area contributed by atoms with Crippen LogP contribution in [0, 0.1) is 0 Å². The Morgan fingerprint density at radius 1 is 0.689 bits per heavy atom. The lowest BCUT2D eigenvalue weighted by Crippen LogP contribution is -2.30. The number of ether oxygens (including phenoxy) is 3. The molecule has 8 nitrogen and oxygen atoms in total. The summed E-state index contributed by atoms with van der Waals surface area (Å²) < 4.78 is 17.5. The normalized spacial score (nSPS) is 17.3. The summed E-state index contributed by atoms with van der Waals surface area (Å²) >= 11 is 12.2. The topological polar surface area (TPSA) is 86.1 Å². The van der Waals surface area contributed by atoms with Gasteiger partial charge in [-0.3, -0.25) is 4.84 Å². The highest BCUT2D eigenvalue weighted by atomic mass is 35.5. The second kappa shape index (κ2) is 12.0. The van der Waals surface area contributed by atoms with Gasteiger partial charge in [0.05, 0.1) is 22.4 Å². The average Bonchev–Trinajstić information content (AvgIpc) is 3.75. The van der Waals surface area contributed by atoms with Crippen molar-refractivity contribution >= 4 is 51.0 Å². The van der Waals surface area contributed by atoms with E-state index >= 15 is 0 Å². The molecule has 1 aliphatic heterocycles. The van der Waals surface area contributed by atoms with E-state index in [2.05, 4.69) is 9.97 Å². The van der Waals surface area contributed by atoms with Gasteiger partial charge < -0.3 is 14.2 Å². The minimum atomic E-state index is -1.35. The number of hydrogen-bond donors (Lipinski definition) is 0. The van der Waals surface area contributed by atoms with Crippen molar-refractivity contribution in [2.24, 2.45) is 0 Å². The van der Waals surface area contributed by atoms with Gasteiger partial charge in [-0.15, -0.1) is 5.06 Å². The molecule has 45 heavy (non-hydrogen) atoms. The van der Waals surface area contributed by atoms with Gasteiger partial charge in [0.15, 0.2) is 0 Å². The van der Waals surface area contributed by atoms with Crippen LogP contribution in [0.4, 0.5) is 0 Å². The Morgan fingerprint density at radius 3 is 1.62 bits per heavy atom. The zero-order valence-electron chi connectivity index (χ0n) is 23.9. The van der Waals surface area contributed by atoms with E-state index in [1.54, 1.807) is 55.6 Å². The van der Waals surface area contributed by atoms with Gasteiger partial charge in [-0.05, 0) is 72.8 Å². The number of benzene rings is 4. The molecule has 7 rings (SSSR count). The van der Waals surface area contributed by atoms with Crippen LogP contribution in [0.5, 0.6) is 17.2 Å². The Kier molecular flexibility index (Phi) is 7.73. The second-order valence-corrected chi connectivity index (χ2v) is 11.3. The molecule has 224 valence electrons. The Hall–Kier alpha value is -4.73. The van der Waals surface area contributed by atoms with E-state index in [1.165, 1.54) is 5.06 Å². The van der Waals surface area contributed by atoms with Gasteiger partial charge in [-0.2, -0.15) is 0 Å². The number of likely N-dealkylation sites (N-methyl/N-ethyl adjacent to an activating group) is 1.